The van der Waals surface area contributed by atoms with Crippen LogP contribution in [0, 0.1) is 5.82 Å². The molecule has 0 aromatic heterocycles. The summed E-state index contributed by atoms with van der Waals surface area (Å²) < 4.78 is 13.8. The van der Waals surface area contributed by atoms with Gasteiger partial charge in [0.05, 0.1) is 0 Å². The lowest BCUT2D eigenvalue weighted by Crippen LogP contribution is -2.43. The maximum atomic E-state index is 13.8. The molecule has 152 valence electrons. The molecule has 4 amide bonds. The average Bonchev–Trinajstić information content (AvgIpc) is 2.87. The summed E-state index contributed by atoms with van der Waals surface area (Å²) in [6.45, 7) is 1.04. The van der Waals surface area contributed by atoms with Crippen LogP contribution in [0.3, 0.4) is 0 Å². The van der Waals surface area contributed by atoms with Crippen molar-refractivity contribution in [1.82, 2.24) is 15.1 Å². The Balaban J connectivity index is 1.76. The molecule has 3 rings (SSSR count). The molecule has 6 nitrogen and oxygen atoms in total. The van der Waals surface area contributed by atoms with Crippen LogP contribution in [0.5, 0.6) is 0 Å². The van der Waals surface area contributed by atoms with Crippen LogP contribution < -0.4 is 5.32 Å². The van der Waals surface area contributed by atoms with Crippen molar-refractivity contribution in [3.05, 3.63) is 69.5 Å². The number of likely N-dealkylation sites (N-methyl/N-ethyl adjacent to an activating group) is 1. The SMILES string of the molecule is CN(Cc1ccccc1F)C(=O)CN1C(=O)NC(C)(c2ccc(Cl)cc2Cl)C1=O. The zero-order valence-corrected chi connectivity index (χ0v) is 17.2. The Morgan fingerprint density at radius 1 is 1.21 bits per heavy atom. The monoisotopic (exact) mass is 437 g/mol. The lowest BCUT2D eigenvalue weighted by molar-refractivity contribution is -0.138. The molecule has 0 bridgehead atoms. The number of benzene rings is 2. The molecular weight excluding hydrogens is 420 g/mol. The van der Waals surface area contributed by atoms with Crippen LogP contribution in [-0.2, 0) is 21.7 Å². The molecule has 0 radical (unpaired) electrons. The van der Waals surface area contributed by atoms with Crippen molar-refractivity contribution in [2.24, 2.45) is 0 Å². The molecule has 1 unspecified atom stereocenters. The first-order chi connectivity index (χ1) is 13.6. The van der Waals surface area contributed by atoms with Crippen molar-refractivity contribution in [3.8, 4) is 0 Å². The minimum absolute atomic E-state index is 0.00936. The lowest BCUT2D eigenvalue weighted by atomic mass is 9.92. The largest absolute Gasteiger partial charge is 0.340 e. The first kappa shape index (κ1) is 21.1. The number of carbonyl (C=O) groups excluding carboxylic acids is 3. The number of nitrogens with one attached hydrogen (secondary N) is 1. The predicted octanol–water partition coefficient (Wildman–Crippen LogP) is 3.56. The summed E-state index contributed by atoms with van der Waals surface area (Å²) >= 11 is 12.1. The van der Waals surface area contributed by atoms with Crippen LogP contribution >= 0.6 is 23.2 Å². The van der Waals surface area contributed by atoms with Crippen LogP contribution in [-0.4, -0.2) is 41.2 Å². The van der Waals surface area contributed by atoms with Gasteiger partial charge in [-0.05, 0) is 25.1 Å². The van der Waals surface area contributed by atoms with Crippen LogP contribution in [0.15, 0.2) is 42.5 Å². The summed E-state index contributed by atoms with van der Waals surface area (Å²) in [6, 6.07) is 9.95. The fourth-order valence-corrected chi connectivity index (χ4v) is 3.74. The molecule has 1 saturated heterocycles. The molecule has 0 saturated carbocycles. The third-order valence-corrected chi connectivity index (χ3v) is 5.38. The smallest absolute Gasteiger partial charge is 0.325 e. The normalized spacial score (nSPS) is 18.7. The van der Waals surface area contributed by atoms with Crippen molar-refractivity contribution in [2.75, 3.05) is 13.6 Å². The van der Waals surface area contributed by atoms with Gasteiger partial charge in [0.2, 0.25) is 5.91 Å². The van der Waals surface area contributed by atoms with E-state index in [-0.39, 0.29) is 11.6 Å². The minimum atomic E-state index is -1.43. The quantitative estimate of drug-likeness (QED) is 0.726. The zero-order valence-electron chi connectivity index (χ0n) is 15.7. The van der Waals surface area contributed by atoms with Crippen molar-refractivity contribution in [3.63, 3.8) is 0 Å². The van der Waals surface area contributed by atoms with E-state index >= 15 is 0 Å². The summed E-state index contributed by atoms with van der Waals surface area (Å²) in [5, 5.41) is 3.20. The summed E-state index contributed by atoms with van der Waals surface area (Å²) in [5.41, 5.74) is -0.724. The first-order valence-electron chi connectivity index (χ1n) is 8.70. The van der Waals surface area contributed by atoms with Gasteiger partial charge in [-0.2, -0.15) is 0 Å². The van der Waals surface area contributed by atoms with Gasteiger partial charge in [-0.3, -0.25) is 14.5 Å². The Bertz CT molecular complexity index is 1000. The van der Waals surface area contributed by atoms with E-state index in [9.17, 15) is 18.8 Å². The van der Waals surface area contributed by atoms with Crippen molar-refractivity contribution in [1.29, 1.82) is 0 Å². The number of hydrogen-bond acceptors (Lipinski definition) is 3. The van der Waals surface area contributed by atoms with Gasteiger partial charge in [-0.1, -0.05) is 47.5 Å². The van der Waals surface area contributed by atoms with Crippen molar-refractivity contribution in [2.45, 2.75) is 19.0 Å². The summed E-state index contributed by atoms with van der Waals surface area (Å²) in [6.07, 6.45) is 0. The van der Waals surface area contributed by atoms with E-state index in [1.165, 1.54) is 31.0 Å². The number of halogens is 3. The maximum absolute atomic E-state index is 13.8. The van der Waals surface area contributed by atoms with Gasteiger partial charge in [-0.25, -0.2) is 9.18 Å². The molecule has 1 fully saturated rings. The van der Waals surface area contributed by atoms with E-state index in [2.05, 4.69) is 5.32 Å². The summed E-state index contributed by atoms with van der Waals surface area (Å²) in [4.78, 5) is 40.0. The molecule has 1 atom stereocenters. The van der Waals surface area contributed by atoms with E-state index in [1.807, 2.05) is 0 Å². The highest BCUT2D eigenvalue weighted by Gasteiger charge is 2.50. The fourth-order valence-electron chi connectivity index (χ4n) is 3.14. The topological polar surface area (TPSA) is 69.7 Å². The molecule has 1 aliphatic heterocycles. The summed E-state index contributed by atoms with van der Waals surface area (Å²) in [5.74, 6) is -1.56. The van der Waals surface area contributed by atoms with Crippen LogP contribution in [0.1, 0.15) is 18.1 Å². The van der Waals surface area contributed by atoms with Gasteiger partial charge in [0.25, 0.3) is 5.91 Å². The molecule has 1 N–H and O–H groups in total. The Kier molecular flexibility index (Phi) is 5.82. The third-order valence-electron chi connectivity index (χ3n) is 4.83. The lowest BCUT2D eigenvalue weighted by Gasteiger charge is -2.24. The standard InChI is InChI=1S/C20H18Cl2FN3O3/c1-20(14-8-7-13(21)9-15(14)22)18(28)26(19(29)24-20)11-17(27)25(2)10-12-5-3-4-6-16(12)23/h3-9H,10-11H2,1-2H3,(H,24,29). The number of hydrogen-bond donors (Lipinski definition) is 1. The second-order valence-electron chi connectivity index (χ2n) is 6.91. The van der Waals surface area contributed by atoms with Crippen molar-refractivity contribution < 1.29 is 18.8 Å². The molecule has 2 aromatic carbocycles. The van der Waals surface area contributed by atoms with E-state index in [1.54, 1.807) is 30.3 Å². The average molecular weight is 438 g/mol. The number of imide groups is 1. The highest BCUT2D eigenvalue weighted by molar-refractivity contribution is 6.35. The maximum Gasteiger partial charge on any atom is 0.325 e. The number of amides is 4. The van der Waals surface area contributed by atoms with Gasteiger partial charge in [-0.15, -0.1) is 0 Å². The molecule has 0 aliphatic carbocycles. The van der Waals surface area contributed by atoms with Crippen molar-refractivity contribution >= 4 is 41.0 Å². The number of nitrogens with zero attached hydrogens (tertiary/aromatic N) is 2. The number of rotatable bonds is 5. The molecule has 1 heterocycles. The summed E-state index contributed by atoms with van der Waals surface area (Å²) in [7, 11) is 1.47. The zero-order chi connectivity index (χ0) is 21.3. The molecule has 0 spiro atoms. The third kappa shape index (κ3) is 4.06. The van der Waals surface area contributed by atoms with E-state index in [0.717, 1.165) is 4.90 Å². The second-order valence-corrected chi connectivity index (χ2v) is 7.76. The predicted molar refractivity (Wildman–Crippen MR) is 107 cm³/mol. The minimum Gasteiger partial charge on any atom is -0.340 e. The number of carbonyl (C=O) groups is 3. The van der Waals surface area contributed by atoms with E-state index < -0.39 is 35.7 Å². The van der Waals surface area contributed by atoms with Gasteiger partial charge >= 0.3 is 6.03 Å². The van der Waals surface area contributed by atoms with Gasteiger partial charge in [0, 0.05) is 34.8 Å². The second kappa shape index (κ2) is 8.00. The van der Waals surface area contributed by atoms with Crippen LogP contribution in [0.4, 0.5) is 9.18 Å². The molecule has 9 heteroatoms. The van der Waals surface area contributed by atoms with E-state index in [0.29, 0.717) is 16.1 Å². The molecule has 1 aliphatic rings. The number of urea groups is 1. The van der Waals surface area contributed by atoms with Gasteiger partial charge < -0.3 is 10.2 Å². The Morgan fingerprint density at radius 3 is 2.55 bits per heavy atom. The highest BCUT2D eigenvalue weighted by atomic mass is 35.5. The van der Waals surface area contributed by atoms with Gasteiger partial charge in [0.15, 0.2) is 0 Å². The van der Waals surface area contributed by atoms with Crippen LogP contribution in [0.2, 0.25) is 10.0 Å². The first-order valence-corrected chi connectivity index (χ1v) is 9.46. The molecule has 2 aromatic rings. The van der Waals surface area contributed by atoms with Crippen LogP contribution in [0.25, 0.3) is 0 Å². The Hall–Kier alpha value is -2.64. The highest BCUT2D eigenvalue weighted by Crippen LogP contribution is 2.34. The van der Waals surface area contributed by atoms with Gasteiger partial charge in [0.1, 0.15) is 17.9 Å². The molecule has 29 heavy (non-hydrogen) atoms. The fraction of sp³-hybridized carbons (Fsp3) is 0.250. The van der Waals surface area contributed by atoms with E-state index in [4.69, 9.17) is 23.2 Å². The molecular formula is C20H18Cl2FN3O3. The Morgan fingerprint density at radius 2 is 1.90 bits per heavy atom. The Labute approximate surface area is 177 Å².